The van der Waals surface area contributed by atoms with E-state index >= 15 is 0 Å². The predicted octanol–water partition coefficient (Wildman–Crippen LogP) is 3.31. The summed E-state index contributed by atoms with van der Waals surface area (Å²) in [5, 5.41) is 0. The zero-order valence-electron chi connectivity index (χ0n) is 9.89. The molecule has 2 aromatic rings. The normalized spacial score (nSPS) is 10.3. The smallest absolute Gasteiger partial charge is 0.123 e. The van der Waals surface area contributed by atoms with E-state index in [2.05, 4.69) is 20.8 Å². The first-order valence-corrected chi connectivity index (χ1v) is 6.61. The van der Waals surface area contributed by atoms with E-state index < -0.39 is 0 Å². The second kappa shape index (κ2) is 5.54. The molecule has 0 unspecified atom stereocenters. The van der Waals surface area contributed by atoms with E-state index in [1.54, 1.807) is 6.26 Å². The maximum atomic E-state index is 5.74. The predicted molar refractivity (Wildman–Crippen MR) is 80.8 cm³/mol. The average Bonchev–Trinajstić information content (AvgIpc) is 2.81. The number of thiocarbonyl (C=S) groups is 1. The third-order valence-electron chi connectivity index (χ3n) is 2.61. The Morgan fingerprint density at radius 2 is 2.22 bits per heavy atom. The summed E-state index contributed by atoms with van der Waals surface area (Å²) in [6.07, 6.45) is 1.67. The number of anilines is 1. The third-order valence-corrected chi connectivity index (χ3v) is 3.32. The van der Waals surface area contributed by atoms with Gasteiger partial charge in [-0.15, -0.1) is 0 Å². The fourth-order valence-electron chi connectivity index (χ4n) is 1.75. The van der Waals surface area contributed by atoms with E-state index in [0.29, 0.717) is 11.5 Å². The van der Waals surface area contributed by atoms with Crippen molar-refractivity contribution < 1.29 is 4.42 Å². The molecule has 0 spiro atoms. The number of nitrogens with two attached hydrogens (primary N) is 1. The Balaban J connectivity index is 2.31. The highest BCUT2D eigenvalue weighted by Gasteiger charge is 2.11. The molecule has 0 saturated heterocycles. The van der Waals surface area contributed by atoms with Gasteiger partial charge in [0.2, 0.25) is 0 Å². The van der Waals surface area contributed by atoms with Crippen LogP contribution in [0.5, 0.6) is 0 Å². The molecule has 0 fully saturated rings. The number of nitrogens with zero attached hydrogens (tertiary/aromatic N) is 1. The van der Waals surface area contributed by atoms with Crippen molar-refractivity contribution in [3.8, 4) is 0 Å². The fourth-order valence-corrected chi connectivity index (χ4v) is 2.27. The molecule has 1 aromatic carbocycles. The number of halogens is 1. The van der Waals surface area contributed by atoms with E-state index in [0.717, 1.165) is 21.5 Å². The summed E-state index contributed by atoms with van der Waals surface area (Å²) < 4.78 is 6.33. The Morgan fingerprint density at radius 3 is 2.83 bits per heavy atom. The van der Waals surface area contributed by atoms with Gasteiger partial charge in [0, 0.05) is 22.8 Å². The molecule has 1 heterocycles. The second-order valence-electron chi connectivity index (χ2n) is 3.96. The summed E-state index contributed by atoms with van der Waals surface area (Å²) in [4.78, 5) is 2.45. The lowest BCUT2D eigenvalue weighted by Crippen LogP contribution is -2.21. The molecule has 0 atom stereocenters. The number of benzene rings is 1. The molecule has 2 N–H and O–H groups in total. The molecule has 18 heavy (non-hydrogen) atoms. The Bertz CT molecular complexity index is 554. The van der Waals surface area contributed by atoms with Gasteiger partial charge in [-0.25, -0.2) is 0 Å². The van der Waals surface area contributed by atoms with E-state index in [9.17, 15) is 0 Å². The van der Waals surface area contributed by atoms with Crippen LogP contribution < -0.4 is 10.6 Å². The maximum Gasteiger partial charge on any atom is 0.123 e. The molecule has 0 bridgehead atoms. The zero-order valence-corrected chi connectivity index (χ0v) is 12.3. The summed E-state index contributed by atoms with van der Waals surface area (Å²) in [5.41, 5.74) is 7.58. The lowest BCUT2D eigenvalue weighted by atomic mass is 10.1. The number of hydrogen-bond acceptors (Lipinski definition) is 3. The molecule has 0 aliphatic rings. The van der Waals surface area contributed by atoms with Crippen LogP contribution in [0.15, 0.2) is 45.5 Å². The summed E-state index contributed by atoms with van der Waals surface area (Å²) in [5.74, 6) is 0.895. The van der Waals surface area contributed by atoms with Gasteiger partial charge in [0.25, 0.3) is 0 Å². The van der Waals surface area contributed by atoms with Crippen LogP contribution >= 0.6 is 28.1 Å². The Labute approximate surface area is 120 Å². The quantitative estimate of drug-likeness (QED) is 0.876. The number of rotatable bonds is 4. The third kappa shape index (κ3) is 2.91. The van der Waals surface area contributed by atoms with Crippen molar-refractivity contribution in [2.75, 3.05) is 11.9 Å². The van der Waals surface area contributed by atoms with Gasteiger partial charge in [-0.3, -0.25) is 0 Å². The van der Waals surface area contributed by atoms with Gasteiger partial charge in [-0.05, 0) is 30.3 Å². The zero-order chi connectivity index (χ0) is 13.1. The van der Waals surface area contributed by atoms with Gasteiger partial charge in [-0.1, -0.05) is 28.1 Å². The van der Waals surface area contributed by atoms with Gasteiger partial charge < -0.3 is 15.1 Å². The summed E-state index contributed by atoms with van der Waals surface area (Å²) in [7, 11) is 1.98. The lowest BCUT2D eigenvalue weighted by molar-refractivity contribution is 0.507. The molecule has 0 aliphatic carbocycles. The number of furan rings is 1. The highest BCUT2D eigenvalue weighted by atomic mass is 79.9. The Kier molecular flexibility index (Phi) is 4.04. The Morgan fingerprint density at radius 1 is 1.44 bits per heavy atom. The average molecular weight is 325 g/mol. The largest absolute Gasteiger partial charge is 0.467 e. The first-order chi connectivity index (χ1) is 8.58. The van der Waals surface area contributed by atoms with Gasteiger partial charge in [-0.2, -0.15) is 0 Å². The van der Waals surface area contributed by atoms with Crippen LogP contribution in [0, 0.1) is 0 Å². The van der Waals surface area contributed by atoms with E-state index in [1.807, 2.05) is 37.4 Å². The fraction of sp³-hybridized carbons (Fsp3) is 0.154. The van der Waals surface area contributed by atoms with Crippen molar-refractivity contribution in [3.63, 3.8) is 0 Å². The van der Waals surface area contributed by atoms with Crippen molar-refractivity contribution in [2.24, 2.45) is 5.73 Å². The van der Waals surface area contributed by atoms with Crippen molar-refractivity contribution in [3.05, 3.63) is 52.4 Å². The molecule has 0 saturated carbocycles. The van der Waals surface area contributed by atoms with Gasteiger partial charge in [0.15, 0.2) is 0 Å². The monoisotopic (exact) mass is 324 g/mol. The standard InChI is InChI=1S/C13H13BrN2OS/c1-16(8-10-3-2-6-17-10)12-7-9(14)4-5-11(12)13(15)18/h2-7H,8H2,1H3,(H2,15,18). The van der Waals surface area contributed by atoms with Crippen LogP contribution in [0.2, 0.25) is 0 Å². The molecule has 5 heteroatoms. The van der Waals surface area contributed by atoms with Crippen LogP contribution in [0.25, 0.3) is 0 Å². The van der Waals surface area contributed by atoms with E-state index in [4.69, 9.17) is 22.4 Å². The summed E-state index contributed by atoms with van der Waals surface area (Å²) in [6.45, 7) is 0.666. The van der Waals surface area contributed by atoms with Crippen molar-refractivity contribution in [1.82, 2.24) is 0 Å². The number of hydrogen-bond donors (Lipinski definition) is 1. The first-order valence-electron chi connectivity index (χ1n) is 5.41. The summed E-state index contributed by atoms with van der Waals surface area (Å²) >= 11 is 8.53. The Hall–Kier alpha value is -1.33. The van der Waals surface area contributed by atoms with Crippen molar-refractivity contribution in [2.45, 2.75) is 6.54 Å². The topological polar surface area (TPSA) is 42.4 Å². The highest BCUT2D eigenvalue weighted by Crippen LogP contribution is 2.25. The van der Waals surface area contributed by atoms with Gasteiger partial charge in [0.1, 0.15) is 10.7 Å². The van der Waals surface area contributed by atoms with Crippen LogP contribution in [0.3, 0.4) is 0 Å². The van der Waals surface area contributed by atoms with Crippen LogP contribution in [0.1, 0.15) is 11.3 Å². The first kappa shape index (κ1) is 13.1. The molecule has 0 radical (unpaired) electrons. The minimum Gasteiger partial charge on any atom is -0.467 e. The van der Waals surface area contributed by atoms with Gasteiger partial charge >= 0.3 is 0 Å². The van der Waals surface area contributed by atoms with E-state index in [1.165, 1.54) is 0 Å². The lowest BCUT2D eigenvalue weighted by Gasteiger charge is -2.21. The van der Waals surface area contributed by atoms with E-state index in [-0.39, 0.29) is 0 Å². The van der Waals surface area contributed by atoms with Crippen molar-refractivity contribution in [1.29, 1.82) is 0 Å². The molecule has 0 aliphatic heterocycles. The summed E-state index contributed by atoms with van der Waals surface area (Å²) in [6, 6.07) is 9.66. The van der Waals surface area contributed by atoms with Crippen LogP contribution in [-0.2, 0) is 6.54 Å². The second-order valence-corrected chi connectivity index (χ2v) is 5.32. The van der Waals surface area contributed by atoms with Crippen molar-refractivity contribution >= 4 is 38.8 Å². The molecular formula is C13H13BrN2OS. The molecule has 0 amide bonds. The highest BCUT2D eigenvalue weighted by molar-refractivity contribution is 9.10. The molecule has 3 nitrogen and oxygen atoms in total. The molecular weight excluding hydrogens is 312 g/mol. The molecule has 2 rings (SSSR count). The van der Waals surface area contributed by atoms with Crippen LogP contribution in [0.4, 0.5) is 5.69 Å². The van der Waals surface area contributed by atoms with Gasteiger partial charge in [0.05, 0.1) is 12.8 Å². The van der Waals surface area contributed by atoms with Crippen LogP contribution in [-0.4, -0.2) is 12.0 Å². The molecule has 1 aromatic heterocycles. The minimum absolute atomic E-state index is 0.392. The molecule has 94 valence electrons. The minimum atomic E-state index is 0.392. The maximum absolute atomic E-state index is 5.74. The SMILES string of the molecule is CN(Cc1ccco1)c1cc(Br)ccc1C(N)=S.